The molecule has 75 heavy (non-hydrogen) atoms. The summed E-state index contributed by atoms with van der Waals surface area (Å²) >= 11 is 0. The Hall–Kier alpha value is -7.27. The monoisotopic (exact) mass is 1160 g/mol. The Balaban J connectivity index is 0.00000569. The van der Waals surface area contributed by atoms with Gasteiger partial charge in [0.2, 0.25) is 6.71 Å². The first kappa shape index (κ1) is 48.7. The van der Waals surface area contributed by atoms with Crippen molar-refractivity contribution >= 4 is 66.6 Å². The molecule has 0 bridgehead atoms. The van der Waals surface area contributed by atoms with Gasteiger partial charge in [0.15, 0.2) is 0 Å². The molecule has 0 fully saturated rings. The van der Waals surface area contributed by atoms with Gasteiger partial charge in [0, 0.05) is 32.2 Å². The first-order chi connectivity index (χ1) is 35.6. The molecule has 0 saturated heterocycles. The summed E-state index contributed by atoms with van der Waals surface area (Å²) in [6.07, 6.45) is 0. The summed E-state index contributed by atoms with van der Waals surface area (Å²) in [6, 6.07) is 60.5. The van der Waals surface area contributed by atoms with Crippen LogP contribution >= 0.6 is 0 Å². The molecular weight excluding hydrogens is 1100 g/mol. The van der Waals surface area contributed by atoms with Crippen LogP contribution in [0.15, 0.2) is 158 Å². The maximum absolute atomic E-state index is 12.8. The van der Waals surface area contributed by atoms with Crippen LogP contribution < -0.4 is 21.1 Å². The maximum atomic E-state index is 12.8. The van der Waals surface area contributed by atoms with Crippen molar-refractivity contribution in [3.05, 3.63) is 186 Å². The molecule has 1 N–H and O–H groups in total. The van der Waals surface area contributed by atoms with Gasteiger partial charge in [-0.15, -0.1) is 23.0 Å². The molecule has 11 aromatic rings. The Bertz CT molecular complexity index is 4130. The van der Waals surface area contributed by atoms with E-state index in [2.05, 4.69) is 238 Å². The quantitative estimate of drug-likeness (QED) is 0.102. The van der Waals surface area contributed by atoms with Crippen molar-refractivity contribution in [3.8, 4) is 67.8 Å². The van der Waals surface area contributed by atoms with Crippen LogP contribution in [0.1, 0.15) is 103 Å². The Kier molecular flexibility index (Phi) is 11.5. The number of phenolic OH excluding ortho intramolecular Hbond substituents is 1. The van der Waals surface area contributed by atoms with E-state index >= 15 is 0 Å². The number of aromatic nitrogens is 3. The molecule has 2 aromatic heterocycles. The summed E-state index contributed by atoms with van der Waals surface area (Å²) in [5, 5.41) is 18.3. The van der Waals surface area contributed by atoms with Crippen molar-refractivity contribution in [1.82, 2.24) is 14.5 Å². The van der Waals surface area contributed by atoms with Crippen molar-refractivity contribution < 1.29 is 30.9 Å². The van der Waals surface area contributed by atoms with Gasteiger partial charge in [0.1, 0.15) is 23.1 Å². The molecule has 9 aromatic carbocycles. The van der Waals surface area contributed by atoms with Crippen molar-refractivity contribution in [1.29, 1.82) is 0 Å². The Labute approximate surface area is 455 Å². The second kappa shape index (κ2) is 17.7. The van der Waals surface area contributed by atoms with E-state index < -0.39 is 0 Å². The number of ether oxygens (including phenoxy) is 1. The van der Waals surface area contributed by atoms with E-state index in [0.29, 0.717) is 11.4 Å². The van der Waals surface area contributed by atoms with E-state index in [9.17, 15) is 5.11 Å². The summed E-state index contributed by atoms with van der Waals surface area (Å²) in [6.45, 7) is 22.5. The predicted octanol–water partition coefficient (Wildman–Crippen LogP) is 15.8. The Morgan fingerprint density at radius 2 is 1.25 bits per heavy atom. The van der Waals surface area contributed by atoms with Gasteiger partial charge in [-0.2, -0.15) is 0 Å². The van der Waals surface area contributed by atoms with E-state index in [1.165, 1.54) is 55.2 Å². The van der Waals surface area contributed by atoms with E-state index in [4.69, 9.17) is 14.7 Å². The van der Waals surface area contributed by atoms with Crippen LogP contribution in [0.4, 0.5) is 0 Å². The zero-order valence-electron chi connectivity index (χ0n) is 44.3. The zero-order valence-corrected chi connectivity index (χ0v) is 46.5. The van der Waals surface area contributed by atoms with Gasteiger partial charge in [-0.1, -0.05) is 195 Å². The topological polar surface area (TPSA) is 60.2 Å². The van der Waals surface area contributed by atoms with Gasteiger partial charge < -0.3 is 9.84 Å². The molecule has 0 unspecified atom stereocenters. The van der Waals surface area contributed by atoms with Gasteiger partial charge in [-0.25, -0.2) is 4.98 Å². The summed E-state index contributed by atoms with van der Waals surface area (Å²) < 4.78 is 8.96. The van der Waals surface area contributed by atoms with Crippen LogP contribution in [-0.2, 0) is 31.9 Å². The predicted molar refractivity (Wildman–Crippen MR) is 310 cm³/mol. The fourth-order valence-electron chi connectivity index (χ4n) is 12.2. The molecule has 2 aliphatic heterocycles. The van der Waals surface area contributed by atoms with E-state index in [1.807, 2.05) is 0 Å². The number of hydrogen-bond donors (Lipinski definition) is 1. The van der Waals surface area contributed by atoms with E-state index in [0.717, 1.165) is 77.7 Å². The second-order valence-electron chi connectivity index (χ2n) is 23.3. The van der Waals surface area contributed by atoms with Crippen LogP contribution in [0.25, 0.3) is 94.1 Å². The number of rotatable bonds is 6. The van der Waals surface area contributed by atoms with Crippen molar-refractivity contribution in [2.45, 2.75) is 91.9 Å². The molecule has 2 aliphatic rings. The maximum Gasteiger partial charge on any atom is 0.201 e. The summed E-state index contributed by atoms with van der Waals surface area (Å²) in [4.78, 5) is 11.5. The van der Waals surface area contributed by atoms with E-state index in [-0.39, 0.29) is 56.2 Å². The number of hydrogen-bond acceptors (Lipinski definition) is 4. The summed E-state index contributed by atoms with van der Waals surface area (Å²) in [5.74, 6) is 3.10. The van der Waals surface area contributed by atoms with Gasteiger partial charge in [-0.3, -0.25) is 9.55 Å². The molecule has 0 amide bonds. The number of aromatic hydroxyl groups is 1. The van der Waals surface area contributed by atoms with Crippen molar-refractivity contribution in [2.24, 2.45) is 0 Å². The number of benzene rings is 9. The fourth-order valence-corrected chi connectivity index (χ4v) is 12.2. The smallest absolute Gasteiger partial charge is 0.201 e. The molecule has 0 radical (unpaired) electrons. The minimum atomic E-state index is -0.343. The molecule has 372 valence electrons. The minimum absolute atomic E-state index is 0. The van der Waals surface area contributed by atoms with Crippen LogP contribution in [0, 0.1) is 6.07 Å². The Morgan fingerprint density at radius 3 is 1.97 bits per heavy atom. The van der Waals surface area contributed by atoms with Crippen molar-refractivity contribution in [3.63, 3.8) is 0 Å². The SMILES string of the molecule is CC(C)c1cc(-c2ccccc2)cc(C(C)C)c1-n1c(-c2cc(C(C)(C)C)cc(C(C)(C)C)c2O)nc2c(-c3ccc4c5ccccc5c5c6c(c[c-]c5c4n3)B3c4ccccc4Oc4cccc-6c43)cccc21.[Pt]. The average Bonchev–Trinajstić information content (AvgIpc) is 3.95. The minimum Gasteiger partial charge on any atom is -0.507 e. The van der Waals surface area contributed by atoms with Crippen molar-refractivity contribution in [2.75, 3.05) is 0 Å². The standard InChI is InChI=1S/C68H59BN3O2.Pt/c1-38(2)49-34-41(40-20-12-11-13-21-40)35-50(39(3)4)64(49)72-56-27-18-24-46(63(56)71-66(72)51-36-42(67(5,6)7)37-52(65(51)73)68(8,9)10)55-33-31-45-43-22-14-15-23-44(43)59-48(62(45)70-55)30-32-54-60(59)47-25-19-29-58-61(47)69(54)53-26-16-17-28-57(53)74-58;/h11-29,31-39,73H,1-10H3;/q-1;. The first-order valence-electron chi connectivity index (χ1n) is 26.3. The molecule has 0 atom stereocenters. The van der Waals surface area contributed by atoms with Crippen LogP contribution in [0.5, 0.6) is 17.2 Å². The Morgan fingerprint density at radius 1 is 0.587 bits per heavy atom. The van der Waals surface area contributed by atoms with Gasteiger partial charge in [-0.05, 0) is 126 Å². The second-order valence-corrected chi connectivity index (χ2v) is 23.3. The zero-order chi connectivity index (χ0) is 51.1. The molecule has 0 saturated carbocycles. The third kappa shape index (κ3) is 7.53. The van der Waals surface area contributed by atoms with Gasteiger partial charge in [0.25, 0.3) is 0 Å². The van der Waals surface area contributed by atoms with Gasteiger partial charge in [0.05, 0.1) is 28.0 Å². The molecule has 4 heterocycles. The molecule has 0 spiro atoms. The number of imidazole rings is 1. The normalized spacial score (nSPS) is 12.9. The number of pyridine rings is 1. The largest absolute Gasteiger partial charge is 0.507 e. The number of para-hydroxylation sites is 2. The first-order valence-corrected chi connectivity index (χ1v) is 26.3. The number of fused-ring (bicyclic) bond motifs is 13. The van der Waals surface area contributed by atoms with Crippen LogP contribution in [0.2, 0.25) is 0 Å². The number of phenols is 1. The molecule has 5 nitrogen and oxygen atoms in total. The third-order valence-corrected chi connectivity index (χ3v) is 15.9. The van der Waals surface area contributed by atoms with Crippen LogP contribution in [-0.4, -0.2) is 26.4 Å². The van der Waals surface area contributed by atoms with Gasteiger partial charge >= 0.3 is 0 Å². The average molecular weight is 1160 g/mol. The molecule has 13 rings (SSSR count). The van der Waals surface area contributed by atoms with E-state index in [1.54, 1.807) is 0 Å². The summed E-state index contributed by atoms with van der Waals surface area (Å²) in [7, 11) is 0. The molecule has 0 aliphatic carbocycles. The fraction of sp³-hybridized carbons (Fsp3) is 0.206. The van der Waals surface area contributed by atoms with Crippen LogP contribution in [0.3, 0.4) is 0 Å². The molecular formula is C68H59BN3O2Pt-. The number of nitrogens with zero attached hydrogens (tertiary/aromatic N) is 3. The summed E-state index contributed by atoms with van der Waals surface area (Å²) in [5.41, 5.74) is 18.6. The molecule has 7 heteroatoms. The third-order valence-electron chi connectivity index (χ3n) is 15.9.